The third-order valence-corrected chi connectivity index (χ3v) is 3.97. The minimum absolute atomic E-state index is 0.144. The molecular weight excluding hydrogens is 310 g/mol. The number of hydrogen-bond acceptors (Lipinski definition) is 5. The zero-order valence-corrected chi connectivity index (χ0v) is 14.4. The number of thiocarbonyl (C=S) groups is 1. The molecule has 1 saturated heterocycles. The van der Waals surface area contributed by atoms with Crippen LogP contribution in [0.4, 0.5) is 0 Å². The average molecular weight is 335 g/mol. The molecule has 0 unspecified atom stereocenters. The molecule has 126 valence electrons. The number of nitrogens with zero attached hydrogens (tertiary/aromatic N) is 3. The van der Waals surface area contributed by atoms with E-state index in [1.807, 2.05) is 24.3 Å². The lowest BCUT2D eigenvalue weighted by atomic mass is 10.2. The minimum atomic E-state index is 0.144. The maximum Gasteiger partial charge on any atom is 0.184 e. The maximum absolute atomic E-state index is 5.91. The Kier molecular flexibility index (Phi) is 7.25. The standard InChI is InChI=1S/C16H25N5OS/c1-2-20-7-9-21(10-8-20)11-12-22-15-6-4-3-5-14(15)13-18-19-16(17)23/h3-6,13H,2,7-12H2,1H3,(H3,17,19,23). The molecule has 1 heterocycles. The molecular formula is C16H25N5OS. The first-order chi connectivity index (χ1) is 11.2. The molecule has 1 aromatic rings. The molecule has 1 aliphatic rings. The first-order valence-electron chi connectivity index (χ1n) is 7.94. The summed E-state index contributed by atoms with van der Waals surface area (Å²) in [4.78, 5) is 4.91. The molecule has 23 heavy (non-hydrogen) atoms. The molecule has 0 aromatic heterocycles. The van der Waals surface area contributed by atoms with Crippen molar-refractivity contribution < 1.29 is 4.74 Å². The van der Waals surface area contributed by atoms with E-state index in [1.54, 1.807) is 6.21 Å². The van der Waals surface area contributed by atoms with Gasteiger partial charge in [0, 0.05) is 38.3 Å². The molecule has 0 bridgehead atoms. The fourth-order valence-electron chi connectivity index (χ4n) is 2.50. The fourth-order valence-corrected chi connectivity index (χ4v) is 2.55. The van der Waals surface area contributed by atoms with Crippen LogP contribution in [0.2, 0.25) is 0 Å². The van der Waals surface area contributed by atoms with Gasteiger partial charge in [-0.2, -0.15) is 5.10 Å². The van der Waals surface area contributed by atoms with Crippen LogP contribution in [-0.2, 0) is 0 Å². The first-order valence-corrected chi connectivity index (χ1v) is 8.35. The third kappa shape index (κ3) is 6.13. The number of piperazine rings is 1. The van der Waals surface area contributed by atoms with Crippen LogP contribution in [0.3, 0.4) is 0 Å². The first kappa shape index (κ1) is 17.7. The predicted octanol–water partition coefficient (Wildman–Crippen LogP) is 0.870. The molecule has 0 radical (unpaired) electrons. The summed E-state index contributed by atoms with van der Waals surface area (Å²) in [5, 5.41) is 4.12. The lowest BCUT2D eigenvalue weighted by Gasteiger charge is -2.33. The number of hydrazone groups is 1. The van der Waals surface area contributed by atoms with Crippen LogP contribution in [0.5, 0.6) is 5.75 Å². The highest BCUT2D eigenvalue weighted by Crippen LogP contribution is 2.15. The highest BCUT2D eigenvalue weighted by Gasteiger charge is 2.15. The van der Waals surface area contributed by atoms with Crippen molar-refractivity contribution in [2.45, 2.75) is 6.92 Å². The second-order valence-electron chi connectivity index (χ2n) is 5.40. The molecule has 0 saturated carbocycles. The van der Waals surface area contributed by atoms with Gasteiger partial charge in [-0.25, -0.2) is 0 Å². The topological polar surface area (TPSA) is 66.1 Å². The second kappa shape index (κ2) is 9.44. The van der Waals surface area contributed by atoms with E-state index in [1.165, 1.54) is 0 Å². The van der Waals surface area contributed by atoms with Crippen LogP contribution >= 0.6 is 12.2 Å². The van der Waals surface area contributed by atoms with Gasteiger partial charge >= 0.3 is 0 Å². The third-order valence-electron chi connectivity index (χ3n) is 3.87. The Morgan fingerprint density at radius 3 is 2.70 bits per heavy atom. The lowest BCUT2D eigenvalue weighted by molar-refractivity contribution is 0.121. The van der Waals surface area contributed by atoms with Crippen molar-refractivity contribution in [2.24, 2.45) is 10.8 Å². The summed E-state index contributed by atoms with van der Waals surface area (Å²) in [6.07, 6.45) is 1.66. The van der Waals surface area contributed by atoms with Gasteiger partial charge in [-0.05, 0) is 30.9 Å². The van der Waals surface area contributed by atoms with Crippen LogP contribution in [0.15, 0.2) is 29.4 Å². The molecule has 1 fully saturated rings. The van der Waals surface area contributed by atoms with Gasteiger partial charge in [0.15, 0.2) is 5.11 Å². The molecule has 0 amide bonds. The van der Waals surface area contributed by atoms with Crippen molar-refractivity contribution in [3.05, 3.63) is 29.8 Å². The maximum atomic E-state index is 5.91. The van der Waals surface area contributed by atoms with Crippen LogP contribution in [0.1, 0.15) is 12.5 Å². The fraction of sp³-hybridized carbons (Fsp3) is 0.500. The van der Waals surface area contributed by atoms with E-state index in [-0.39, 0.29) is 5.11 Å². The Morgan fingerprint density at radius 2 is 2.00 bits per heavy atom. The van der Waals surface area contributed by atoms with Crippen molar-refractivity contribution in [2.75, 3.05) is 45.9 Å². The van der Waals surface area contributed by atoms with Gasteiger partial charge in [-0.1, -0.05) is 19.1 Å². The largest absolute Gasteiger partial charge is 0.492 e. The smallest absolute Gasteiger partial charge is 0.184 e. The van der Waals surface area contributed by atoms with E-state index in [0.717, 1.165) is 50.6 Å². The Bertz CT molecular complexity index is 529. The van der Waals surface area contributed by atoms with Crippen LogP contribution in [0.25, 0.3) is 0 Å². The van der Waals surface area contributed by atoms with Gasteiger partial charge in [0.05, 0.1) is 6.21 Å². The second-order valence-corrected chi connectivity index (χ2v) is 5.84. The van der Waals surface area contributed by atoms with Crippen molar-refractivity contribution in [1.29, 1.82) is 0 Å². The molecule has 0 aliphatic carbocycles. The normalized spacial score (nSPS) is 16.6. The number of ether oxygens (including phenoxy) is 1. The SMILES string of the molecule is CCN1CCN(CCOc2ccccc2C=NNC(N)=S)CC1. The summed E-state index contributed by atoms with van der Waals surface area (Å²) in [6.45, 7) is 9.46. The Balaban J connectivity index is 1.79. The van der Waals surface area contributed by atoms with E-state index in [0.29, 0.717) is 6.61 Å². The number of likely N-dealkylation sites (N-methyl/N-ethyl adjacent to an activating group) is 1. The molecule has 1 aromatic carbocycles. The molecule has 2 rings (SSSR count). The quantitative estimate of drug-likeness (QED) is 0.438. The lowest BCUT2D eigenvalue weighted by Crippen LogP contribution is -2.47. The van der Waals surface area contributed by atoms with Gasteiger partial charge < -0.3 is 15.4 Å². The molecule has 3 N–H and O–H groups in total. The van der Waals surface area contributed by atoms with Gasteiger partial charge in [0.1, 0.15) is 12.4 Å². The summed E-state index contributed by atoms with van der Waals surface area (Å²) in [5.74, 6) is 0.813. The molecule has 7 heteroatoms. The van der Waals surface area contributed by atoms with Gasteiger partial charge in [-0.3, -0.25) is 10.3 Å². The number of nitrogens with one attached hydrogen (secondary N) is 1. The number of para-hydroxylation sites is 1. The molecule has 0 atom stereocenters. The minimum Gasteiger partial charge on any atom is -0.492 e. The Labute approximate surface area is 143 Å². The number of rotatable bonds is 7. The van der Waals surface area contributed by atoms with E-state index in [9.17, 15) is 0 Å². The van der Waals surface area contributed by atoms with Crippen molar-refractivity contribution in [1.82, 2.24) is 15.2 Å². The average Bonchev–Trinajstić information content (AvgIpc) is 2.56. The van der Waals surface area contributed by atoms with E-state index in [4.69, 9.17) is 22.7 Å². The number of nitrogens with two attached hydrogens (primary N) is 1. The van der Waals surface area contributed by atoms with E-state index >= 15 is 0 Å². The molecule has 6 nitrogen and oxygen atoms in total. The molecule has 0 spiro atoms. The highest BCUT2D eigenvalue weighted by molar-refractivity contribution is 7.80. The van der Waals surface area contributed by atoms with Crippen LogP contribution in [-0.4, -0.2) is 67.0 Å². The molecule has 1 aliphatic heterocycles. The number of benzene rings is 1. The van der Waals surface area contributed by atoms with E-state index in [2.05, 4.69) is 27.3 Å². The monoisotopic (exact) mass is 335 g/mol. The van der Waals surface area contributed by atoms with Crippen molar-refractivity contribution in [3.8, 4) is 5.75 Å². The summed E-state index contributed by atoms with van der Waals surface area (Å²) in [6, 6.07) is 7.78. The zero-order valence-electron chi connectivity index (χ0n) is 13.6. The summed E-state index contributed by atoms with van der Waals surface area (Å²) in [7, 11) is 0. The van der Waals surface area contributed by atoms with Crippen LogP contribution < -0.4 is 15.9 Å². The zero-order chi connectivity index (χ0) is 16.5. The summed E-state index contributed by atoms with van der Waals surface area (Å²) >= 11 is 4.72. The highest BCUT2D eigenvalue weighted by atomic mass is 32.1. The Morgan fingerprint density at radius 1 is 1.30 bits per heavy atom. The number of hydrogen-bond donors (Lipinski definition) is 2. The van der Waals surface area contributed by atoms with Crippen molar-refractivity contribution >= 4 is 23.5 Å². The van der Waals surface area contributed by atoms with Gasteiger partial charge in [-0.15, -0.1) is 0 Å². The van der Waals surface area contributed by atoms with E-state index < -0.39 is 0 Å². The van der Waals surface area contributed by atoms with Gasteiger partial charge in [0.2, 0.25) is 0 Å². The predicted molar refractivity (Wildman–Crippen MR) is 98.0 cm³/mol. The summed E-state index contributed by atoms with van der Waals surface area (Å²) < 4.78 is 5.91. The van der Waals surface area contributed by atoms with Gasteiger partial charge in [0.25, 0.3) is 0 Å². The summed E-state index contributed by atoms with van der Waals surface area (Å²) in [5.41, 5.74) is 8.79. The van der Waals surface area contributed by atoms with Crippen LogP contribution in [0, 0.1) is 0 Å². The van der Waals surface area contributed by atoms with Crippen molar-refractivity contribution in [3.63, 3.8) is 0 Å². The Hall–Kier alpha value is -1.70.